The number of nitrogen functional groups attached to an aromatic ring is 1. The number of benzene rings is 4. The number of aromatic amines is 2. The number of nitrogens with two attached hydrogens (primary N) is 1. The maximum absolute atomic E-state index is 6.25. The van der Waals surface area contributed by atoms with Gasteiger partial charge in [0.15, 0.2) is 0 Å². The van der Waals surface area contributed by atoms with Gasteiger partial charge in [0, 0.05) is 50.0 Å². The van der Waals surface area contributed by atoms with Crippen molar-refractivity contribution in [1.82, 2.24) is 19.9 Å². The Balaban J connectivity index is 1.42. The van der Waals surface area contributed by atoms with E-state index in [2.05, 4.69) is 202 Å². The van der Waals surface area contributed by atoms with Crippen molar-refractivity contribution in [3.05, 3.63) is 144 Å². The summed E-state index contributed by atoms with van der Waals surface area (Å²) >= 11 is 0. The van der Waals surface area contributed by atoms with E-state index in [9.17, 15) is 0 Å². The van der Waals surface area contributed by atoms with Crippen molar-refractivity contribution < 1.29 is 0 Å². The quantitative estimate of drug-likeness (QED) is 0.110. The Bertz CT molecular complexity index is 2980. The van der Waals surface area contributed by atoms with Gasteiger partial charge in [-0.3, -0.25) is 0 Å². The zero-order valence-electron chi connectivity index (χ0n) is 36.8. The summed E-state index contributed by atoms with van der Waals surface area (Å²) < 4.78 is 0. The molecular formula is C53H55N5Si3. The fraction of sp³-hybridized carbons (Fsp3) is 0.170. The van der Waals surface area contributed by atoms with Gasteiger partial charge in [-0.15, -0.1) is 0 Å². The molecule has 0 unspecified atom stereocenters. The van der Waals surface area contributed by atoms with E-state index < -0.39 is 24.2 Å². The first-order valence-corrected chi connectivity index (χ1v) is 31.9. The van der Waals surface area contributed by atoms with Crippen molar-refractivity contribution in [2.24, 2.45) is 0 Å². The molecule has 2 aliphatic heterocycles. The first kappa shape index (κ1) is 40.3. The van der Waals surface area contributed by atoms with Crippen LogP contribution >= 0.6 is 0 Å². The summed E-state index contributed by atoms with van der Waals surface area (Å²) in [4.78, 5) is 18.8. The van der Waals surface area contributed by atoms with Crippen LogP contribution in [0.1, 0.15) is 22.8 Å². The second-order valence-corrected chi connectivity index (χ2v) is 34.8. The van der Waals surface area contributed by atoms with Crippen molar-refractivity contribution in [2.45, 2.75) is 58.9 Å². The molecule has 4 N–H and O–H groups in total. The third-order valence-corrected chi connectivity index (χ3v) is 18.3. The molecule has 0 spiro atoms. The molecule has 304 valence electrons. The highest BCUT2D eigenvalue weighted by molar-refractivity contribution is 6.89. The Morgan fingerprint density at radius 1 is 0.328 bits per heavy atom. The third-order valence-electron chi connectivity index (χ3n) is 12.1. The number of anilines is 1. The molecule has 2 aliphatic rings. The van der Waals surface area contributed by atoms with Crippen LogP contribution in [0.2, 0.25) is 58.9 Å². The SMILES string of the molecule is C[Si](C)(C)c1ccc(-c2c3nc(c(-c4ccc([Si](C)(C)C)cc4)c4ccc([nH]4)c(-c4ccc([Si](C)(C)C)cc4)c4nc(c(-c5ccc(N)cc5)c5ccc2[nH]5)C=C4)C=C3)cc1. The van der Waals surface area contributed by atoms with Gasteiger partial charge in [0.25, 0.3) is 0 Å². The molecule has 3 aromatic heterocycles. The summed E-state index contributed by atoms with van der Waals surface area (Å²) in [5.41, 5.74) is 23.1. The van der Waals surface area contributed by atoms with E-state index in [1.54, 1.807) is 0 Å². The van der Waals surface area contributed by atoms with Gasteiger partial charge in [0.1, 0.15) is 0 Å². The van der Waals surface area contributed by atoms with Gasteiger partial charge in [-0.1, -0.05) is 159 Å². The highest BCUT2D eigenvalue weighted by atomic mass is 28.3. The van der Waals surface area contributed by atoms with E-state index in [4.69, 9.17) is 15.7 Å². The molecule has 0 fully saturated rings. The van der Waals surface area contributed by atoms with Crippen molar-refractivity contribution in [3.8, 4) is 44.5 Å². The topological polar surface area (TPSA) is 83.4 Å². The number of nitrogens with one attached hydrogen (secondary N) is 2. The minimum absolute atomic E-state index is 0.722. The normalized spacial score (nSPS) is 12.9. The molecule has 0 radical (unpaired) electrons. The number of fused-ring (bicyclic) bond motifs is 8. The van der Waals surface area contributed by atoms with E-state index in [0.717, 1.165) is 95.0 Å². The van der Waals surface area contributed by atoms with Crippen molar-refractivity contribution in [1.29, 1.82) is 0 Å². The van der Waals surface area contributed by atoms with Gasteiger partial charge in [-0.25, -0.2) is 9.97 Å². The van der Waals surface area contributed by atoms with E-state index >= 15 is 0 Å². The van der Waals surface area contributed by atoms with Gasteiger partial charge in [-0.05, 0) is 83.0 Å². The number of nitrogens with zero attached hydrogens (tertiary/aromatic N) is 2. The van der Waals surface area contributed by atoms with E-state index in [0.29, 0.717) is 0 Å². The zero-order valence-corrected chi connectivity index (χ0v) is 39.8. The summed E-state index contributed by atoms with van der Waals surface area (Å²) in [6.45, 7) is 21.6. The minimum Gasteiger partial charge on any atom is -0.399 e. The summed E-state index contributed by atoms with van der Waals surface area (Å²) in [7, 11) is -4.56. The Labute approximate surface area is 363 Å². The van der Waals surface area contributed by atoms with Gasteiger partial charge in [-0.2, -0.15) is 0 Å². The maximum Gasteiger partial charge on any atom is 0.0775 e. The molecule has 0 amide bonds. The Hall–Kier alpha value is -6.07. The fourth-order valence-corrected chi connectivity index (χ4v) is 12.0. The molecule has 0 saturated carbocycles. The van der Waals surface area contributed by atoms with Crippen LogP contribution < -0.4 is 21.3 Å². The summed E-state index contributed by atoms with van der Waals surface area (Å²) in [6, 6.07) is 44.5. The molecule has 4 aromatic carbocycles. The molecule has 5 heterocycles. The fourth-order valence-electron chi connectivity index (χ4n) is 8.48. The van der Waals surface area contributed by atoms with Crippen LogP contribution in [0, 0.1) is 0 Å². The number of hydrogen-bond donors (Lipinski definition) is 3. The van der Waals surface area contributed by atoms with Crippen molar-refractivity contribution in [3.63, 3.8) is 0 Å². The number of H-pyrrole nitrogens is 2. The van der Waals surface area contributed by atoms with Gasteiger partial charge in [0.2, 0.25) is 0 Å². The van der Waals surface area contributed by atoms with Gasteiger partial charge < -0.3 is 15.7 Å². The summed E-state index contributed by atoms with van der Waals surface area (Å²) in [5, 5.41) is 4.28. The predicted molar refractivity (Wildman–Crippen MR) is 274 cm³/mol. The van der Waals surface area contributed by atoms with Crippen LogP contribution in [-0.2, 0) is 0 Å². The third kappa shape index (κ3) is 7.87. The molecule has 8 heteroatoms. The lowest BCUT2D eigenvalue weighted by atomic mass is 10.0. The van der Waals surface area contributed by atoms with Crippen molar-refractivity contribution >= 4 is 91.8 Å². The predicted octanol–water partition coefficient (Wildman–Crippen LogP) is 12.5. The van der Waals surface area contributed by atoms with Crippen LogP contribution in [0.15, 0.2) is 121 Å². The molecule has 0 saturated heterocycles. The molecule has 5 nitrogen and oxygen atoms in total. The highest BCUT2D eigenvalue weighted by Crippen LogP contribution is 2.38. The maximum atomic E-state index is 6.25. The molecule has 9 rings (SSSR count). The lowest BCUT2D eigenvalue weighted by Crippen LogP contribution is -2.37. The van der Waals surface area contributed by atoms with E-state index in [1.807, 2.05) is 12.1 Å². The standard InChI is InChI=1S/C53H55N5Si3/c1-59(2,3)39-20-12-35(13-21-39)51-44-28-26-42(55-44)50(34-10-18-38(54)19-11-34)43-27-29-45(56-43)52(36-14-22-40(23-15-36)60(4,5)6)47-31-33-49(58-47)53(48-32-30-46(51)57-48)37-16-24-41(25-17-37)61(7,8)9/h10-33,55,58H,54H2,1-9H3. The van der Waals surface area contributed by atoms with Gasteiger partial charge >= 0.3 is 0 Å². The molecule has 7 aromatic rings. The number of hydrogen-bond acceptors (Lipinski definition) is 3. The zero-order chi connectivity index (χ0) is 42.8. The molecule has 0 atom stereocenters. The van der Waals surface area contributed by atoms with Crippen LogP contribution in [0.25, 0.3) is 90.9 Å². The molecule has 61 heavy (non-hydrogen) atoms. The molecular weight excluding hydrogens is 791 g/mol. The first-order valence-electron chi connectivity index (χ1n) is 21.4. The molecule has 8 bridgehead atoms. The Morgan fingerprint density at radius 2 is 0.557 bits per heavy atom. The first-order chi connectivity index (χ1) is 29.0. The molecule has 0 aliphatic carbocycles. The average Bonchev–Trinajstić information content (AvgIpc) is 4.06. The lowest BCUT2D eigenvalue weighted by molar-refractivity contribution is 1.31. The summed E-state index contributed by atoms with van der Waals surface area (Å²) in [5.74, 6) is 0. The second-order valence-electron chi connectivity index (χ2n) is 19.6. The average molecular weight is 846 g/mol. The second kappa shape index (κ2) is 15.1. The van der Waals surface area contributed by atoms with Crippen LogP contribution in [0.4, 0.5) is 5.69 Å². The van der Waals surface area contributed by atoms with Crippen LogP contribution in [-0.4, -0.2) is 44.2 Å². The monoisotopic (exact) mass is 845 g/mol. The Kier molecular flexibility index (Phi) is 10.0. The smallest absolute Gasteiger partial charge is 0.0775 e. The van der Waals surface area contributed by atoms with Crippen molar-refractivity contribution in [2.75, 3.05) is 5.73 Å². The number of rotatable bonds is 7. The highest BCUT2D eigenvalue weighted by Gasteiger charge is 2.22. The van der Waals surface area contributed by atoms with E-state index in [-0.39, 0.29) is 0 Å². The lowest BCUT2D eigenvalue weighted by Gasteiger charge is -2.17. The van der Waals surface area contributed by atoms with Gasteiger partial charge in [0.05, 0.1) is 47.0 Å². The largest absolute Gasteiger partial charge is 0.399 e. The number of aromatic nitrogens is 4. The van der Waals surface area contributed by atoms with Crippen LogP contribution in [0.5, 0.6) is 0 Å². The summed E-state index contributed by atoms with van der Waals surface area (Å²) in [6.07, 6.45) is 8.69. The van der Waals surface area contributed by atoms with Crippen LogP contribution in [0.3, 0.4) is 0 Å². The Morgan fingerprint density at radius 3 is 0.787 bits per heavy atom. The minimum atomic E-state index is -1.52. The van der Waals surface area contributed by atoms with E-state index in [1.165, 1.54) is 15.6 Å².